The summed E-state index contributed by atoms with van der Waals surface area (Å²) >= 11 is 1.27. The topological polar surface area (TPSA) is 58.6 Å². The number of carboxylic acid groups (broad SMARTS) is 1. The van der Waals surface area contributed by atoms with Crippen molar-refractivity contribution in [2.24, 2.45) is 0 Å². The zero-order chi connectivity index (χ0) is 13.5. The lowest BCUT2D eigenvalue weighted by Gasteiger charge is -2.22. The van der Waals surface area contributed by atoms with E-state index in [0.29, 0.717) is 24.1 Å². The molecule has 0 aromatic carbocycles. The fourth-order valence-corrected chi connectivity index (χ4v) is 3.18. The quantitative estimate of drug-likeness (QED) is 0.755. The van der Waals surface area contributed by atoms with Gasteiger partial charge < -0.3 is 15.2 Å². The molecular formula is C14H21NO3S. The van der Waals surface area contributed by atoms with E-state index >= 15 is 0 Å². The molecule has 1 aromatic heterocycles. The third-order valence-electron chi connectivity index (χ3n) is 3.44. The fourth-order valence-electron chi connectivity index (χ4n) is 2.42. The monoisotopic (exact) mass is 283 g/mol. The van der Waals surface area contributed by atoms with Gasteiger partial charge in [0.05, 0.1) is 12.7 Å². The van der Waals surface area contributed by atoms with Gasteiger partial charge in [-0.3, -0.25) is 0 Å². The van der Waals surface area contributed by atoms with Gasteiger partial charge in [0.2, 0.25) is 0 Å². The third kappa shape index (κ3) is 4.60. The molecule has 1 fully saturated rings. The maximum absolute atomic E-state index is 10.9. The molecule has 0 bridgehead atoms. The normalized spacial score (nSPS) is 16.6. The van der Waals surface area contributed by atoms with Gasteiger partial charge in [-0.15, -0.1) is 11.3 Å². The Kier molecular flexibility index (Phi) is 5.82. The summed E-state index contributed by atoms with van der Waals surface area (Å²) < 4.78 is 5.80. The maximum atomic E-state index is 10.9. The summed E-state index contributed by atoms with van der Waals surface area (Å²) in [7, 11) is 0. The molecule has 0 aliphatic heterocycles. The van der Waals surface area contributed by atoms with Gasteiger partial charge in [-0.05, 0) is 29.9 Å². The van der Waals surface area contributed by atoms with Crippen LogP contribution in [0.3, 0.4) is 0 Å². The Labute approximate surface area is 117 Å². The number of rotatable bonds is 7. The Bertz CT molecular complexity index is 399. The fraction of sp³-hybridized carbons (Fsp3) is 0.643. The van der Waals surface area contributed by atoms with Gasteiger partial charge in [0, 0.05) is 13.1 Å². The van der Waals surface area contributed by atoms with E-state index in [0.717, 1.165) is 12.1 Å². The number of nitrogens with one attached hydrogen (secondary N) is 1. The predicted molar refractivity (Wildman–Crippen MR) is 75.8 cm³/mol. The first-order valence-electron chi connectivity index (χ1n) is 6.89. The van der Waals surface area contributed by atoms with E-state index in [9.17, 15) is 4.79 Å². The van der Waals surface area contributed by atoms with Crippen LogP contribution in [-0.4, -0.2) is 30.3 Å². The summed E-state index contributed by atoms with van der Waals surface area (Å²) in [4.78, 5) is 11.4. The van der Waals surface area contributed by atoms with E-state index in [1.807, 2.05) is 11.4 Å². The number of carboxylic acids is 1. The Hall–Kier alpha value is -0.910. The molecule has 1 aliphatic carbocycles. The summed E-state index contributed by atoms with van der Waals surface area (Å²) in [5.41, 5.74) is 0.857. The molecule has 0 amide bonds. The van der Waals surface area contributed by atoms with Gasteiger partial charge >= 0.3 is 5.97 Å². The average molecular weight is 283 g/mol. The minimum atomic E-state index is -0.842. The second-order valence-electron chi connectivity index (χ2n) is 4.89. The molecule has 0 spiro atoms. The SMILES string of the molecule is O=C(O)c1sccc1CNCCOC1CCCCC1. The molecule has 5 heteroatoms. The number of thiophene rings is 1. The van der Waals surface area contributed by atoms with E-state index in [1.54, 1.807) is 0 Å². The van der Waals surface area contributed by atoms with Crippen LogP contribution in [0.2, 0.25) is 0 Å². The Morgan fingerprint density at radius 3 is 2.95 bits per heavy atom. The molecule has 1 aromatic rings. The van der Waals surface area contributed by atoms with Crippen LogP contribution >= 0.6 is 11.3 Å². The summed E-state index contributed by atoms with van der Waals surface area (Å²) in [6, 6.07) is 1.86. The standard InChI is InChI=1S/C14H21NO3S/c16-14(17)13-11(6-9-19-13)10-15-7-8-18-12-4-2-1-3-5-12/h6,9,12,15H,1-5,7-8,10H2,(H,16,17). The van der Waals surface area contributed by atoms with Gasteiger partial charge in [0.1, 0.15) is 4.88 Å². The van der Waals surface area contributed by atoms with Gasteiger partial charge in [0.25, 0.3) is 0 Å². The molecule has 4 nitrogen and oxygen atoms in total. The van der Waals surface area contributed by atoms with Crippen molar-refractivity contribution in [1.29, 1.82) is 0 Å². The van der Waals surface area contributed by atoms with Gasteiger partial charge in [-0.1, -0.05) is 19.3 Å². The van der Waals surface area contributed by atoms with Crippen molar-refractivity contribution in [1.82, 2.24) is 5.32 Å². The number of ether oxygens (including phenoxy) is 1. The molecule has 0 unspecified atom stereocenters. The van der Waals surface area contributed by atoms with Crippen LogP contribution < -0.4 is 5.32 Å². The highest BCUT2D eigenvalue weighted by Crippen LogP contribution is 2.20. The van der Waals surface area contributed by atoms with E-state index < -0.39 is 5.97 Å². The number of carbonyl (C=O) groups is 1. The van der Waals surface area contributed by atoms with Crippen LogP contribution in [0.25, 0.3) is 0 Å². The third-order valence-corrected chi connectivity index (χ3v) is 4.39. The molecule has 19 heavy (non-hydrogen) atoms. The molecule has 1 saturated carbocycles. The number of aromatic carboxylic acids is 1. The van der Waals surface area contributed by atoms with Crippen molar-refractivity contribution < 1.29 is 14.6 Å². The Balaban J connectivity index is 1.61. The highest BCUT2D eigenvalue weighted by atomic mass is 32.1. The van der Waals surface area contributed by atoms with E-state index in [-0.39, 0.29) is 0 Å². The van der Waals surface area contributed by atoms with Gasteiger partial charge in [-0.2, -0.15) is 0 Å². The van der Waals surface area contributed by atoms with Crippen LogP contribution in [-0.2, 0) is 11.3 Å². The lowest BCUT2D eigenvalue weighted by Crippen LogP contribution is -2.24. The zero-order valence-electron chi connectivity index (χ0n) is 11.1. The first kappa shape index (κ1) is 14.5. The molecule has 0 radical (unpaired) electrons. The minimum absolute atomic E-state index is 0.431. The minimum Gasteiger partial charge on any atom is -0.477 e. The van der Waals surface area contributed by atoms with Crippen LogP contribution in [0.15, 0.2) is 11.4 Å². The second-order valence-corrected chi connectivity index (χ2v) is 5.80. The molecule has 0 atom stereocenters. The first-order chi connectivity index (χ1) is 9.27. The highest BCUT2D eigenvalue weighted by molar-refractivity contribution is 7.12. The maximum Gasteiger partial charge on any atom is 0.346 e. The second kappa shape index (κ2) is 7.62. The average Bonchev–Trinajstić information content (AvgIpc) is 2.88. The zero-order valence-corrected chi connectivity index (χ0v) is 11.9. The summed E-state index contributed by atoms with van der Waals surface area (Å²) in [6.07, 6.45) is 6.73. The molecule has 1 heterocycles. The van der Waals surface area contributed by atoms with Gasteiger partial charge in [0.15, 0.2) is 0 Å². The summed E-state index contributed by atoms with van der Waals surface area (Å²) in [6.45, 7) is 2.07. The van der Waals surface area contributed by atoms with E-state index in [2.05, 4.69) is 5.32 Å². The van der Waals surface area contributed by atoms with Crippen molar-refractivity contribution in [3.05, 3.63) is 21.9 Å². The van der Waals surface area contributed by atoms with Crippen molar-refractivity contribution in [3.8, 4) is 0 Å². The molecule has 2 N–H and O–H groups in total. The molecule has 0 saturated heterocycles. The lowest BCUT2D eigenvalue weighted by molar-refractivity contribution is 0.0302. The largest absolute Gasteiger partial charge is 0.477 e. The summed E-state index contributed by atoms with van der Waals surface area (Å²) in [5.74, 6) is -0.842. The number of hydrogen-bond acceptors (Lipinski definition) is 4. The Morgan fingerprint density at radius 1 is 1.42 bits per heavy atom. The molecule has 106 valence electrons. The Morgan fingerprint density at radius 2 is 2.21 bits per heavy atom. The molecule has 1 aliphatic rings. The van der Waals surface area contributed by atoms with E-state index in [4.69, 9.17) is 9.84 Å². The van der Waals surface area contributed by atoms with E-state index in [1.165, 1.54) is 43.4 Å². The summed E-state index contributed by atoms with van der Waals surface area (Å²) in [5, 5.41) is 14.0. The molecule has 2 rings (SSSR count). The lowest BCUT2D eigenvalue weighted by atomic mass is 9.98. The first-order valence-corrected chi connectivity index (χ1v) is 7.77. The smallest absolute Gasteiger partial charge is 0.346 e. The predicted octanol–water partition coefficient (Wildman–Crippen LogP) is 2.89. The highest BCUT2D eigenvalue weighted by Gasteiger charge is 2.13. The van der Waals surface area contributed by atoms with Crippen molar-refractivity contribution in [2.75, 3.05) is 13.2 Å². The van der Waals surface area contributed by atoms with Crippen molar-refractivity contribution >= 4 is 17.3 Å². The van der Waals surface area contributed by atoms with Crippen LogP contribution in [0.5, 0.6) is 0 Å². The van der Waals surface area contributed by atoms with Gasteiger partial charge in [-0.25, -0.2) is 4.79 Å². The molecular weight excluding hydrogens is 262 g/mol. The van der Waals surface area contributed by atoms with Crippen LogP contribution in [0, 0.1) is 0 Å². The van der Waals surface area contributed by atoms with Crippen LogP contribution in [0.1, 0.15) is 47.3 Å². The number of hydrogen-bond donors (Lipinski definition) is 2. The van der Waals surface area contributed by atoms with Crippen molar-refractivity contribution in [3.63, 3.8) is 0 Å². The van der Waals surface area contributed by atoms with Crippen molar-refractivity contribution in [2.45, 2.75) is 44.8 Å². The van der Waals surface area contributed by atoms with Crippen LogP contribution in [0.4, 0.5) is 0 Å².